The predicted octanol–water partition coefficient (Wildman–Crippen LogP) is 4.63. The second-order valence-electron chi connectivity index (χ2n) is 5.57. The summed E-state index contributed by atoms with van der Waals surface area (Å²) < 4.78 is 0. The summed E-state index contributed by atoms with van der Waals surface area (Å²) in [7, 11) is 0. The summed E-state index contributed by atoms with van der Waals surface area (Å²) >= 11 is 0. The summed E-state index contributed by atoms with van der Waals surface area (Å²) in [6.07, 6.45) is 10.3. The van der Waals surface area contributed by atoms with Crippen molar-refractivity contribution in [3.63, 3.8) is 0 Å². The molecule has 0 radical (unpaired) electrons. The first-order valence-corrected chi connectivity index (χ1v) is 8.38. The van der Waals surface area contributed by atoms with Gasteiger partial charge in [0.2, 0.25) is 0 Å². The molecular weight excluding hydrogens is 260 g/mol. The minimum absolute atomic E-state index is 0.0678. The van der Waals surface area contributed by atoms with Gasteiger partial charge in [-0.25, -0.2) is 4.79 Å². The molecular formula is C18H30N2O. The van der Waals surface area contributed by atoms with Crippen molar-refractivity contribution in [2.45, 2.75) is 64.8 Å². The second-order valence-corrected chi connectivity index (χ2v) is 5.57. The highest BCUT2D eigenvalue weighted by molar-refractivity contribution is 5.73. The molecule has 0 aliphatic rings. The molecule has 1 aromatic rings. The zero-order valence-corrected chi connectivity index (χ0v) is 13.4. The van der Waals surface area contributed by atoms with Gasteiger partial charge < -0.3 is 10.6 Å². The Balaban J connectivity index is 1.89. The van der Waals surface area contributed by atoms with Gasteiger partial charge in [0.15, 0.2) is 0 Å². The number of rotatable bonds is 11. The van der Waals surface area contributed by atoms with Gasteiger partial charge in [-0.15, -0.1) is 0 Å². The molecule has 0 saturated heterocycles. The summed E-state index contributed by atoms with van der Waals surface area (Å²) in [5, 5.41) is 5.79. The van der Waals surface area contributed by atoms with Crippen LogP contribution in [-0.4, -0.2) is 12.6 Å². The number of hydrogen-bond donors (Lipinski definition) is 2. The maximum atomic E-state index is 11.6. The zero-order chi connectivity index (χ0) is 15.2. The lowest BCUT2D eigenvalue weighted by molar-refractivity contribution is 0.240. The largest absolute Gasteiger partial charge is 0.338 e. The quantitative estimate of drug-likeness (QED) is 0.573. The molecule has 2 amide bonds. The van der Waals surface area contributed by atoms with Crippen molar-refractivity contribution in [1.82, 2.24) is 10.6 Å². The number of carbonyl (C=O) groups is 1. The van der Waals surface area contributed by atoms with Crippen LogP contribution in [0.1, 0.15) is 63.9 Å². The van der Waals surface area contributed by atoms with E-state index in [2.05, 4.69) is 17.6 Å². The van der Waals surface area contributed by atoms with E-state index in [-0.39, 0.29) is 6.03 Å². The number of benzene rings is 1. The van der Waals surface area contributed by atoms with E-state index >= 15 is 0 Å². The molecule has 0 aromatic heterocycles. The third kappa shape index (κ3) is 9.94. The van der Waals surface area contributed by atoms with Crippen LogP contribution in [0.15, 0.2) is 30.3 Å². The average molecular weight is 290 g/mol. The summed E-state index contributed by atoms with van der Waals surface area (Å²) in [6, 6.07) is 9.90. The first kappa shape index (κ1) is 17.5. The molecule has 2 N–H and O–H groups in total. The van der Waals surface area contributed by atoms with Crippen LogP contribution >= 0.6 is 0 Å². The van der Waals surface area contributed by atoms with Crippen molar-refractivity contribution in [2.75, 3.05) is 6.54 Å². The van der Waals surface area contributed by atoms with Crippen molar-refractivity contribution in [1.29, 1.82) is 0 Å². The van der Waals surface area contributed by atoms with Crippen LogP contribution in [0.25, 0.3) is 0 Å². The Kier molecular flexibility index (Phi) is 10.2. The van der Waals surface area contributed by atoms with Crippen LogP contribution in [0, 0.1) is 0 Å². The topological polar surface area (TPSA) is 41.1 Å². The smallest absolute Gasteiger partial charge is 0.315 e. The molecule has 1 rings (SSSR count). The standard InChI is InChI=1S/C18H30N2O/c1-2-3-4-5-6-7-8-12-15-19-18(21)20-16-17-13-10-9-11-14-17/h9-11,13-14H,2-8,12,15-16H2,1H3,(H2,19,20,21). The molecule has 0 fully saturated rings. The Morgan fingerprint density at radius 1 is 0.857 bits per heavy atom. The van der Waals surface area contributed by atoms with Gasteiger partial charge in [0.1, 0.15) is 0 Å². The number of hydrogen-bond acceptors (Lipinski definition) is 1. The molecule has 0 bridgehead atoms. The average Bonchev–Trinajstić information content (AvgIpc) is 2.52. The molecule has 1 aromatic carbocycles. The Morgan fingerprint density at radius 3 is 2.14 bits per heavy atom. The fourth-order valence-electron chi connectivity index (χ4n) is 2.30. The van der Waals surface area contributed by atoms with Crippen LogP contribution < -0.4 is 10.6 Å². The Hall–Kier alpha value is -1.51. The number of carbonyl (C=O) groups excluding carboxylic acids is 1. The van der Waals surface area contributed by atoms with Crippen molar-refractivity contribution < 1.29 is 4.79 Å². The minimum atomic E-state index is -0.0678. The lowest BCUT2D eigenvalue weighted by Gasteiger charge is -2.07. The summed E-state index contributed by atoms with van der Waals surface area (Å²) in [5.74, 6) is 0. The highest BCUT2D eigenvalue weighted by Gasteiger charge is 1.99. The summed E-state index contributed by atoms with van der Waals surface area (Å²) in [4.78, 5) is 11.6. The van der Waals surface area contributed by atoms with E-state index in [0.29, 0.717) is 6.54 Å². The maximum absolute atomic E-state index is 11.6. The fourth-order valence-corrected chi connectivity index (χ4v) is 2.30. The van der Waals surface area contributed by atoms with Gasteiger partial charge in [-0.1, -0.05) is 82.2 Å². The molecule has 0 atom stereocenters. The first-order valence-electron chi connectivity index (χ1n) is 8.38. The van der Waals surface area contributed by atoms with Crippen molar-refractivity contribution in [3.8, 4) is 0 Å². The predicted molar refractivity (Wildman–Crippen MR) is 89.3 cm³/mol. The zero-order valence-electron chi connectivity index (χ0n) is 13.4. The number of amides is 2. The van der Waals surface area contributed by atoms with Gasteiger partial charge >= 0.3 is 6.03 Å². The monoisotopic (exact) mass is 290 g/mol. The molecule has 0 aliphatic carbocycles. The Morgan fingerprint density at radius 2 is 1.48 bits per heavy atom. The van der Waals surface area contributed by atoms with Crippen LogP contribution in [-0.2, 0) is 6.54 Å². The maximum Gasteiger partial charge on any atom is 0.315 e. The molecule has 3 nitrogen and oxygen atoms in total. The van der Waals surface area contributed by atoms with Crippen LogP contribution in [0.3, 0.4) is 0 Å². The molecule has 3 heteroatoms. The van der Waals surface area contributed by atoms with Gasteiger partial charge in [-0.3, -0.25) is 0 Å². The van der Waals surface area contributed by atoms with E-state index in [0.717, 1.165) is 18.5 Å². The van der Waals surface area contributed by atoms with E-state index < -0.39 is 0 Å². The van der Waals surface area contributed by atoms with E-state index in [1.165, 1.54) is 44.9 Å². The highest BCUT2D eigenvalue weighted by atomic mass is 16.2. The molecule has 0 heterocycles. The Bertz CT molecular complexity index is 365. The normalized spacial score (nSPS) is 10.3. The molecule has 0 saturated carbocycles. The van der Waals surface area contributed by atoms with Gasteiger partial charge in [-0.2, -0.15) is 0 Å². The SMILES string of the molecule is CCCCCCCCCCNC(=O)NCc1ccccc1. The van der Waals surface area contributed by atoms with E-state index in [1.54, 1.807) is 0 Å². The molecule has 118 valence electrons. The third-order valence-corrected chi connectivity index (χ3v) is 3.61. The van der Waals surface area contributed by atoms with E-state index in [1.807, 2.05) is 30.3 Å². The lowest BCUT2D eigenvalue weighted by atomic mass is 10.1. The van der Waals surface area contributed by atoms with Crippen LogP contribution in [0.4, 0.5) is 4.79 Å². The number of urea groups is 1. The van der Waals surface area contributed by atoms with Crippen LogP contribution in [0.5, 0.6) is 0 Å². The summed E-state index contributed by atoms with van der Waals surface area (Å²) in [5.41, 5.74) is 1.12. The van der Waals surface area contributed by atoms with E-state index in [4.69, 9.17) is 0 Å². The molecule has 0 aliphatic heterocycles. The van der Waals surface area contributed by atoms with E-state index in [9.17, 15) is 4.79 Å². The third-order valence-electron chi connectivity index (χ3n) is 3.61. The van der Waals surface area contributed by atoms with Crippen molar-refractivity contribution in [3.05, 3.63) is 35.9 Å². The van der Waals surface area contributed by atoms with Gasteiger partial charge in [-0.05, 0) is 12.0 Å². The van der Waals surface area contributed by atoms with Crippen molar-refractivity contribution >= 4 is 6.03 Å². The molecule has 21 heavy (non-hydrogen) atoms. The second kappa shape index (κ2) is 12.2. The first-order chi connectivity index (χ1) is 10.3. The fraction of sp³-hybridized carbons (Fsp3) is 0.611. The summed E-state index contributed by atoms with van der Waals surface area (Å²) in [6.45, 7) is 3.61. The number of nitrogens with one attached hydrogen (secondary N) is 2. The van der Waals surface area contributed by atoms with Crippen molar-refractivity contribution in [2.24, 2.45) is 0 Å². The van der Waals surface area contributed by atoms with Gasteiger partial charge in [0, 0.05) is 13.1 Å². The molecule has 0 spiro atoms. The highest BCUT2D eigenvalue weighted by Crippen LogP contribution is 2.07. The lowest BCUT2D eigenvalue weighted by Crippen LogP contribution is -2.35. The molecule has 0 unspecified atom stereocenters. The van der Waals surface area contributed by atoms with Gasteiger partial charge in [0.05, 0.1) is 0 Å². The minimum Gasteiger partial charge on any atom is -0.338 e. The number of unbranched alkanes of at least 4 members (excludes halogenated alkanes) is 7. The Labute approximate surface area is 129 Å². The van der Waals surface area contributed by atoms with Crippen LogP contribution in [0.2, 0.25) is 0 Å². The van der Waals surface area contributed by atoms with Gasteiger partial charge in [0.25, 0.3) is 0 Å².